The van der Waals surface area contributed by atoms with Crippen molar-refractivity contribution in [1.29, 1.82) is 0 Å². The van der Waals surface area contributed by atoms with E-state index in [-0.39, 0.29) is 16.7 Å². The Morgan fingerprint density at radius 1 is 1.39 bits per heavy atom. The molecule has 0 aliphatic rings. The molecule has 0 aliphatic carbocycles. The number of carboxylic acids is 1. The van der Waals surface area contributed by atoms with E-state index in [1.54, 1.807) is 6.92 Å². The molecule has 0 saturated heterocycles. The molecule has 0 saturated carbocycles. The van der Waals surface area contributed by atoms with Crippen LogP contribution in [0.15, 0.2) is 0 Å². The molecule has 1 heterocycles. The first-order valence-electron chi connectivity index (χ1n) is 5.96. The number of carbonyl (C=O) groups excluding carboxylic acids is 1. The van der Waals surface area contributed by atoms with Crippen LogP contribution in [0.3, 0.4) is 0 Å². The van der Waals surface area contributed by atoms with E-state index in [0.717, 1.165) is 24.2 Å². The summed E-state index contributed by atoms with van der Waals surface area (Å²) in [6.07, 6.45) is 1.61. The van der Waals surface area contributed by atoms with Crippen molar-refractivity contribution in [2.75, 3.05) is 0 Å². The molecule has 18 heavy (non-hydrogen) atoms. The minimum absolute atomic E-state index is 0.00438. The fourth-order valence-corrected chi connectivity index (χ4v) is 2.54. The molecule has 1 rings (SSSR count). The summed E-state index contributed by atoms with van der Waals surface area (Å²) in [4.78, 5) is 27.0. The van der Waals surface area contributed by atoms with Crippen molar-refractivity contribution in [2.45, 2.75) is 40.2 Å². The van der Waals surface area contributed by atoms with Gasteiger partial charge < -0.3 is 10.4 Å². The number of thiazole rings is 1. The van der Waals surface area contributed by atoms with E-state index in [9.17, 15) is 9.59 Å². The van der Waals surface area contributed by atoms with Gasteiger partial charge >= 0.3 is 5.97 Å². The molecule has 0 radical (unpaired) electrons. The molecule has 0 aromatic carbocycles. The molecule has 0 aliphatic heterocycles. The average molecular weight is 270 g/mol. The lowest BCUT2D eigenvalue weighted by Crippen LogP contribution is -2.29. The Bertz CT molecular complexity index is 439. The van der Waals surface area contributed by atoms with Crippen molar-refractivity contribution in [2.24, 2.45) is 5.92 Å². The highest BCUT2D eigenvalue weighted by Crippen LogP contribution is 2.18. The minimum atomic E-state index is -0.970. The Morgan fingerprint density at radius 2 is 2.00 bits per heavy atom. The van der Waals surface area contributed by atoms with Crippen LogP contribution in [-0.4, -0.2) is 22.0 Å². The summed E-state index contributed by atoms with van der Waals surface area (Å²) in [5.74, 6) is -0.947. The van der Waals surface area contributed by atoms with E-state index in [0.29, 0.717) is 17.2 Å². The van der Waals surface area contributed by atoms with Crippen molar-refractivity contribution in [3.63, 3.8) is 0 Å². The van der Waals surface area contributed by atoms with E-state index in [2.05, 4.69) is 10.3 Å². The van der Waals surface area contributed by atoms with Crippen molar-refractivity contribution >= 4 is 23.2 Å². The Morgan fingerprint density at radius 3 is 2.44 bits per heavy atom. The zero-order valence-corrected chi connectivity index (χ0v) is 11.6. The molecule has 1 amide bonds. The summed E-state index contributed by atoms with van der Waals surface area (Å²) in [7, 11) is 0. The maximum absolute atomic E-state index is 11.8. The summed E-state index contributed by atoms with van der Waals surface area (Å²) in [6.45, 7) is 5.91. The van der Waals surface area contributed by atoms with Crippen LogP contribution in [0.2, 0.25) is 0 Å². The number of rotatable bonds is 6. The lowest BCUT2D eigenvalue weighted by Gasteiger charge is -2.11. The average Bonchev–Trinajstić information content (AvgIpc) is 2.69. The topological polar surface area (TPSA) is 79.3 Å². The fourth-order valence-electron chi connectivity index (χ4n) is 1.69. The third-order valence-electron chi connectivity index (χ3n) is 2.81. The predicted octanol–water partition coefficient (Wildman–Crippen LogP) is 2.20. The standard InChI is InChI=1S/C12H18N2O3S/c1-4-8(5-2)11(15)13-6-9-14-7(3)10(18-9)12(16)17/h8H,4-6H2,1-3H3,(H,13,15)(H,16,17). The van der Waals surface area contributed by atoms with Crippen LogP contribution in [-0.2, 0) is 11.3 Å². The maximum atomic E-state index is 11.8. The summed E-state index contributed by atoms with van der Waals surface area (Å²) in [6, 6.07) is 0. The molecule has 0 spiro atoms. The number of nitrogens with one attached hydrogen (secondary N) is 1. The molecule has 0 unspecified atom stereocenters. The Hall–Kier alpha value is -1.43. The van der Waals surface area contributed by atoms with Gasteiger partial charge in [0, 0.05) is 5.92 Å². The minimum Gasteiger partial charge on any atom is -0.477 e. The van der Waals surface area contributed by atoms with Crippen molar-refractivity contribution in [1.82, 2.24) is 10.3 Å². The maximum Gasteiger partial charge on any atom is 0.347 e. The third kappa shape index (κ3) is 3.53. The fraction of sp³-hybridized carbons (Fsp3) is 0.583. The van der Waals surface area contributed by atoms with Crippen LogP contribution in [0, 0.1) is 12.8 Å². The summed E-state index contributed by atoms with van der Waals surface area (Å²) in [5.41, 5.74) is 0.499. The second-order valence-corrected chi connectivity index (χ2v) is 5.14. The number of amides is 1. The van der Waals surface area contributed by atoms with Gasteiger partial charge in [-0.05, 0) is 19.8 Å². The summed E-state index contributed by atoms with van der Waals surface area (Å²) >= 11 is 1.11. The van der Waals surface area contributed by atoms with E-state index in [4.69, 9.17) is 5.11 Å². The molecule has 0 atom stereocenters. The van der Waals surface area contributed by atoms with E-state index in [1.165, 1.54) is 0 Å². The first-order valence-corrected chi connectivity index (χ1v) is 6.78. The zero-order valence-electron chi connectivity index (χ0n) is 10.8. The normalized spacial score (nSPS) is 10.7. The van der Waals surface area contributed by atoms with Gasteiger partial charge in [-0.15, -0.1) is 11.3 Å². The first-order chi connectivity index (χ1) is 8.49. The number of aromatic carboxylic acids is 1. The highest BCUT2D eigenvalue weighted by molar-refractivity contribution is 7.13. The van der Waals surface area contributed by atoms with Crippen LogP contribution in [0.1, 0.15) is 47.1 Å². The van der Waals surface area contributed by atoms with Gasteiger partial charge in [0.15, 0.2) is 0 Å². The first kappa shape index (κ1) is 14.6. The Balaban J connectivity index is 2.61. The van der Waals surface area contributed by atoms with Crippen molar-refractivity contribution in [3.8, 4) is 0 Å². The second-order valence-electron chi connectivity index (χ2n) is 4.06. The molecule has 0 bridgehead atoms. The molecule has 0 fully saturated rings. The summed E-state index contributed by atoms with van der Waals surface area (Å²) < 4.78 is 0. The van der Waals surface area contributed by atoms with E-state index in [1.807, 2.05) is 13.8 Å². The summed E-state index contributed by atoms with van der Waals surface area (Å²) in [5, 5.41) is 12.3. The number of nitrogens with zero attached hydrogens (tertiary/aromatic N) is 1. The van der Waals surface area contributed by atoms with Gasteiger partial charge in [-0.2, -0.15) is 0 Å². The van der Waals surface area contributed by atoms with Gasteiger partial charge in [0.25, 0.3) is 0 Å². The van der Waals surface area contributed by atoms with Crippen molar-refractivity contribution < 1.29 is 14.7 Å². The number of aryl methyl sites for hydroxylation is 1. The van der Waals surface area contributed by atoms with Crippen LogP contribution in [0.5, 0.6) is 0 Å². The molecule has 1 aromatic heterocycles. The lowest BCUT2D eigenvalue weighted by molar-refractivity contribution is -0.125. The Labute approximate surface area is 110 Å². The number of carbonyl (C=O) groups is 2. The van der Waals surface area contributed by atoms with Gasteiger partial charge in [-0.1, -0.05) is 13.8 Å². The zero-order chi connectivity index (χ0) is 13.7. The van der Waals surface area contributed by atoms with Crippen LogP contribution >= 0.6 is 11.3 Å². The molecular weight excluding hydrogens is 252 g/mol. The molecule has 100 valence electrons. The highest BCUT2D eigenvalue weighted by atomic mass is 32.1. The van der Waals surface area contributed by atoms with Crippen molar-refractivity contribution in [3.05, 3.63) is 15.6 Å². The van der Waals surface area contributed by atoms with Crippen LogP contribution in [0.4, 0.5) is 0 Å². The van der Waals surface area contributed by atoms with Crippen LogP contribution in [0.25, 0.3) is 0 Å². The monoisotopic (exact) mass is 270 g/mol. The largest absolute Gasteiger partial charge is 0.477 e. The molecule has 5 nitrogen and oxygen atoms in total. The lowest BCUT2D eigenvalue weighted by atomic mass is 10.0. The second kappa shape index (κ2) is 6.49. The van der Waals surface area contributed by atoms with E-state index >= 15 is 0 Å². The van der Waals surface area contributed by atoms with Crippen LogP contribution < -0.4 is 5.32 Å². The highest BCUT2D eigenvalue weighted by Gasteiger charge is 2.16. The predicted molar refractivity (Wildman–Crippen MR) is 69.7 cm³/mol. The number of hydrogen-bond acceptors (Lipinski definition) is 4. The quantitative estimate of drug-likeness (QED) is 0.830. The smallest absolute Gasteiger partial charge is 0.347 e. The van der Waals surface area contributed by atoms with Gasteiger partial charge in [-0.25, -0.2) is 9.78 Å². The SMILES string of the molecule is CCC(CC)C(=O)NCc1nc(C)c(C(=O)O)s1. The number of carboxylic acid groups (broad SMARTS) is 1. The van der Waals surface area contributed by atoms with Gasteiger partial charge in [0.05, 0.1) is 12.2 Å². The molecule has 6 heteroatoms. The van der Waals surface area contributed by atoms with E-state index < -0.39 is 5.97 Å². The third-order valence-corrected chi connectivity index (χ3v) is 3.95. The molecular formula is C12H18N2O3S. The van der Waals surface area contributed by atoms with Gasteiger partial charge in [-0.3, -0.25) is 4.79 Å². The van der Waals surface area contributed by atoms with Gasteiger partial charge in [0.2, 0.25) is 5.91 Å². The number of aromatic nitrogens is 1. The molecule has 2 N–H and O–H groups in total. The Kier molecular flexibility index (Phi) is 5.27. The molecule has 1 aromatic rings. The number of hydrogen-bond donors (Lipinski definition) is 2. The van der Waals surface area contributed by atoms with Gasteiger partial charge in [0.1, 0.15) is 9.88 Å².